The molecule has 96 valence electrons. The normalized spacial score (nSPS) is 20.2. The lowest BCUT2D eigenvalue weighted by molar-refractivity contribution is 0.153. The van der Waals surface area contributed by atoms with Crippen molar-refractivity contribution >= 4 is 16.5 Å². The first kappa shape index (κ1) is 12.8. The molecule has 1 N–H and O–H groups in total. The number of aliphatic hydroxyl groups is 1. The SMILES string of the molecule is CCC(C)(C)N(C)c1nc2c(s1)CCCC2O. The van der Waals surface area contributed by atoms with Crippen LogP contribution in [0.3, 0.4) is 0 Å². The third-order valence-corrected chi connectivity index (χ3v) is 5.18. The van der Waals surface area contributed by atoms with Crippen LogP contribution in [0.4, 0.5) is 5.13 Å². The summed E-state index contributed by atoms with van der Waals surface area (Å²) in [6.07, 6.45) is 3.75. The topological polar surface area (TPSA) is 36.4 Å². The molecule has 1 aromatic rings. The maximum Gasteiger partial charge on any atom is 0.186 e. The number of aromatic nitrogens is 1. The average Bonchev–Trinajstić information content (AvgIpc) is 2.73. The van der Waals surface area contributed by atoms with Gasteiger partial charge in [-0.3, -0.25) is 0 Å². The first-order chi connectivity index (χ1) is 7.95. The lowest BCUT2D eigenvalue weighted by Crippen LogP contribution is -2.40. The molecule has 1 aliphatic rings. The van der Waals surface area contributed by atoms with Gasteiger partial charge >= 0.3 is 0 Å². The molecule has 1 unspecified atom stereocenters. The molecule has 0 bridgehead atoms. The minimum Gasteiger partial charge on any atom is -0.387 e. The Labute approximate surface area is 107 Å². The summed E-state index contributed by atoms with van der Waals surface area (Å²) in [5.41, 5.74) is 1.04. The van der Waals surface area contributed by atoms with E-state index in [9.17, 15) is 5.11 Å². The van der Waals surface area contributed by atoms with Crippen molar-refractivity contribution < 1.29 is 5.11 Å². The zero-order valence-electron chi connectivity index (χ0n) is 11.2. The molecule has 1 aromatic heterocycles. The van der Waals surface area contributed by atoms with Crippen LogP contribution in [0.2, 0.25) is 0 Å². The van der Waals surface area contributed by atoms with E-state index in [0.717, 1.165) is 36.5 Å². The Morgan fingerprint density at radius 2 is 2.24 bits per heavy atom. The molecule has 0 saturated heterocycles. The lowest BCUT2D eigenvalue weighted by Gasteiger charge is -2.34. The van der Waals surface area contributed by atoms with E-state index in [-0.39, 0.29) is 11.6 Å². The summed E-state index contributed by atoms with van der Waals surface area (Å²) in [6.45, 7) is 6.65. The number of hydrogen-bond acceptors (Lipinski definition) is 4. The van der Waals surface area contributed by atoms with Gasteiger partial charge in [-0.15, -0.1) is 11.3 Å². The van der Waals surface area contributed by atoms with Gasteiger partial charge in [0.1, 0.15) is 0 Å². The quantitative estimate of drug-likeness (QED) is 0.900. The Kier molecular flexibility index (Phi) is 3.46. The molecule has 1 heterocycles. The van der Waals surface area contributed by atoms with E-state index in [4.69, 9.17) is 0 Å². The molecule has 0 radical (unpaired) electrons. The summed E-state index contributed by atoms with van der Waals surface area (Å²) < 4.78 is 0. The monoisotopic (exact) mass is 254 g/mol. The molecule has 0 saturated carbocycles. The summed E-state index contributed by atoms with van der Waals surface area (Å²) in [5, 5.41) is 11.0. The van der Waals surface area contributed by atoms with Gasteiger partial charge in [0.25, 0.3) is 0 Å². The molecule has 2 rings (SSSR count). The summed E-state index contributed by atoms with van der Waals surface area (Å²) in [4.78, 5) is 8.15. The standard InChI is InChI=1S/C13H22N2OS/c1-5-13(2,3)15(4)12-14-11-9(16)7-6-8-10(11)17-12/h9,16H,5-8H2,1-4H3. The van der Waals surface area contributed by atoms with E-state index < -0.39 is 0 Å². The Morgan fingerprint density at radius 3 is 2.82 bits per heavy atom. The number of nitrogens with zero attached hydrogens (tertiary/aromatic N) is 2. The van der Waals surface area contributed by atoms with Crippen LogP contribution >= 0.6 is 11.3 Å². The third-order valence-electron chi connectivity index (χ3n) is 3.97. The number of hydrogen-bond donors (Lipinski definition) is 1. The molecule has 0 amide bonds. The van der Waals surface area contributed by atoms with Crippen LogP contribution in [0.25, 0.3) is 0 Å². The van der Waals surface area contributed by atoms with Crippen molar-refractivity contribution in [3.63, 3.8) is 0 Å². The number of rotatable bonds is 3. The maximum atomic E-state index is 9.94. The summed E-state index contributed by atoms with van der Waals surface area (Å²) >= 11 is 1.74. The van der Waals surface area contributed by atoms with Gasteiger partial charge in [-0.2, -0.15) is 0 Å². The van der Waals surface area contributed by atoms with Crippen molar-refractivity contribution in [2.75, 3.05) is 11.9 Å². The molecule has 1 atom stereocenters. The predicted molar refractivity (Wildman–Crippen MR) is 72.8 cm³/mol. The molecular weight excluding hydrogens is 232 g/mol. The van der Waals surface area contributed by atoms with E-state index in [1.54, 1.807) is 11.3 Å². The van der Waals surface area contributed by atoms with E-state index in [0.29, 0.717) is 0 Å². The number of aliphatic hydroxyl groups excluding tert-OH is 1. The minimum atomic E-state index is -0.345. The molecule has 4 heteroatoms. The van der Waals surface area contributed by atoms with Gasteiger partial charge in [0, 0.05) is 17.5 Å². The fraction of sp³-hybridized carbons (Fsp3) is 0.769. The highest BCUT2D eigenvalue weighted by Crippen LogP contribution is 2.38. The second kappa shape index (κ2) is 4.58. The molecule has 0 spiro atoms. The molecule has 1 aliphatic carbocycles. The van der Waals surface area contributed by atoms with Crippen molar-refractivity contribution in [1.82, 2.24) is 4.98 Å². The number of aryl methyl sites for hydroxylation is 1. The average molecular weight is 254 g/mol. The smallest absolute Gasteiger partial charge is 0.186 e. The summed E-state index contributed by atoms with van der Waals surface area (Å²) in [5.74, 6) is 0. The largest absolute Gasteiger partial charge is 0.387 e. The van der Waals surface area contributed by atoms with Crippen molar-refractivity contribution in [3.8, 4) is 0 Å². The predicted octanol–water partition coefficient (Wildman–Crippen LogP) is 3.14. The number of fused-ring (bicyclic) bond motifs is 1. The van der Waals surface area contributed by atoms with Crippen LogP contribution in [-0.4, -0.2) is 22.7 Å². The minimum absolute atomic E-state index is 0.116. The highest BCUT2D eigenvalue weighted by atomic mass is 32.1. The Bertz CT molecular complexity index is 400. The first-order valence-electron chi connectivity index (χ1n) is 6.37. The van der Waals surface area contributed by atoms with Crippen molar-refractivity contribution in [2.45, 2.75) is 58.1 Å². The van der Waals surface area contributed by atoms with Gasteiger partial charge in [0.05, 0.1) is 11.8 Å². The van der Waals surface area contributed by atoms with Crippen LogP contribution in [0.1, 0.15) is 56.7 Å². The van der Waals surface area contributed by atoms with Crippen LogP contribution in [0.15, 0.2) is 0 Å². The van der Waals surface area contributed by atoms with E-state index >= 15 is 0 Å². The Morgan fingerprint density at radius 1 is 1.53 bits per heavy atom. The zero-order valence-corrected chi connectivity index (χ0v) is 12.0. The van der Waals surface area contributed by atoms with Crippen LogP contribution < -0.4 is 4.90 Å². The first-order valence-corrected chi connectivity index (χ1v) is 7.19. The van der Waals surface area contributed by atoms with Crippen LogP contribution in [0.5, 0.6) is 0 Å². The Balaban J connectivity index is 2.29. The second-order valence-electron chi connectivity index (χ2n) is 5.44. The van der Waals surface area contributed by atoms with Gasteiger partial charge in [-0.25, -0.2) is 4.98 Å². The van der Waals surface area contributed by atoms with E-state index in [1.807, 2.05) is 0 Å². The molecule has 0 aromatic carbocycles. The lowest BCUT2D eigenvalue weighted by atomic mass is 10.00. The van der Waals surface area contributed by atoms with Crippen LogP contribution in [-0.2, 0) is 6.42 Å². The molecule has 3 nitrogen and oxygen atoms in total. The molecular formula is C13H22N2OS. The molecule has 0 aliphatic heterocycles. The van der Waals surface area contributed by atoms with Crippen LogP contribution in [0, 0.1) is 0 Å². The fourth-order valence-corrected chi connectivity index (χ4v) is 3.30. The van der Waals surface area contributed by atoms with Gasteiger partial charge in [0.15, 0.2) is 5.13 Å². The Hall–Kier alpha value is -0.610. The molecule has 0 fully saturated rings. The van der Waals surface area contributed by atoms with Gasteiger partial charge in [-0.05, 0) is 39.5 Å². The maximum absolute atomic E-state index is 9.94. The highest BCUT2D eigenvalue weighted by Gasteiger charge is 2.28. The third kappa shape index (κ3) is 2.33. The fourth-order valence-electron chi connectivity index (χ4n) is 2.02. The number of thiazole rings is 1. The second-order valence-corrected chi connectivity index (χ2v) is 6.50. The van der Waals surface area contributed by atoms with Gasteiger partial charge < -0.3 is 10.0 Å². The van der Waals surface area contributed by atoms with Crippen molar-refractivity contribution in [3.05, 3.63) is 10.6 Å². The number of anilines is 1. The highest BCUT2D eigenvalue weighted by molar-refractivity contribution is 7.15. The van der Waals surface area contributed by atoms with Gasteiger partial charge in [-0.1, -0.05) is 6.92 Å². The van der Waals surface area contributed by atoms with Crippen molar-refractivity contribution in [1.29, 1.82) is 0 Å². The zero-order chi connectivity index (χ0) is 12.6. The van der Waals surface area contributed by atoms with Crippen molar-refractivity contribution in [2.24, 2.45) is 0 Å². The van der Waals surface area contributed by atoms with E-state index in [2.05, 4.69) is 37.7 Å². The summed E-state index contributed by atoms with van der Waals surface area (Å²) in [6, 6.07) is 0. The summed E-state index contributed by atoms with van der Waals surface area (Å²) in [7, 11) is 2.10. The van der Waals surface area contributed by atoms with Gasteiger partial charge in [0.2, 0.25) is 0 Å². The van der Waals surface area contributed by atoms with E-state index in [1.165, 1.54) is 4.88 Å². The molecule has 17 heavy (non-hydrogen) atoms.